The number of carbonyl (C=O) groups is 2. The fourth-order valence-corrected chi connectivity index (χ4v) is 3.66. The maximum Gasteiger partial charge on any atom is 0.261 e. The molecule has 3 aromatic rings. The van der Waals surface area contributed by atoms with Gasteiger partial charge in [-0.25, -0.2) is 4.39 Å². The Morgan fingerprint density at radius 3 is 2.53 bits per heavy atom. The molecular formula is C23H19FN2O4. The first kappa shape index (κ1) is 19.6. The Kier molecular flexibility index (Phi) is 5.18. The molecule has 0 aliphatic heterocycles. The monoisotopic (exact) mass is 406 g/mol. The summed E-state index contributed by atoms with van der Waals surface area (Å²) >= 11 is 0. The van der Waals surface area contributed by atoms with Crippen molar-refractivity contribution in [3.63, 3.8) is 0 Å². The van der Waals surface area contributed by atoms with Crippen LogP contribution in [0.15, 0.2) is 59.4 Å². The Balaban J connectivity index is 1.61. The lowest BCUT2D eigenvalue weighted by atomic mass is 9.81. The van der Waals surface area contributed by atoms with Crippen LogP contribution in [0, 0.1) is 5.82 Å². The van der Waals surface area contributed by atoms with Crippen molar-refractivity contribution in [3.8, 4) is 5.75 Å². The zero-order valence-corrected chi connectivity index (χ0v) is 16.2. The number of methoxy groups -OCH3 is 1. The third kappa shape index (κ3) is 3.74. The molecule has 2 N–H and O–H groups in total. The van der Waals surface area contributed by atoms with Crippen LogP contribution in [0.1, 0.15) is 44.3 Å². The maximum absolute atomic E-state index is 13.8. The number of benzene rings is 2. The van der Waals surface area contributed by atoms with Crippen LogP contribution in [0.2, 0.25) is 0 Å². The van der Waals surface area contributed by atoms with Crippen molar-refractivity contribution < 1.29 is 18.7 Å². The number of halogens is 1. The standard InChI is InChI=1S/C23H19FN2O4/c1-30-15-8-6-13(7-9-15)14-10-20-16(21(27)11-14)12-17(23(29)26-20)22(28)25-19-5-3-2-4-18(19)24/h2-9,12,14H,10-11H2,1H3,(H,25,28)(H,26,29)/t14-/m1/s1. The van der Waals surface area contributed by atoms with Crippen molar-refractivity contribution in [1.82, 2.24) is 4.98 Å². The molecule has 0 fully saturated rings. The number of amides is 1. The predicted molar refractivity (Wildman–Crippen MR) is 110 cm³/mol. The lowest BCUT2D eigenvalue weighted by Crippen LogP contribution is -2.29. The molecule has 1 aliphatic rings. The molecule has 152 valence electrons. The van der Waals surface area contributed by atoms with Crippen LogP contribution < -0.4 is 15.6 Å². The number of rotatable bonds is 4. The third-order valence-electron chi connectivity index (χ3n) is 5.26. The number of ketones is 1. The summed E-state index contributed by atoms with van der Waals surface area (Å²) in [5, 5.41) is 2.38. The van der Waals surface area contributed by atoms with Gasteiger partial charge in [-0.05, 0) is 48.2 Å². The number of anilines is 1. The van der Waals surface area contributed by atoms with Crippen LogP contribution in [-0.2, 0) is 6.42 Å². The molecule has 1 atom stereocenters. The number of carbonyl (C=O) groups excluding carboxylic acids is 2. The Labute approximate surface area is 171 Å². The van der Waals surface area contributed by atoms with Crippen molar-refractivity contribution in [2.75, 3.05) is 12.4 Å². The number of Topliss-reactive ketones (excluding diaryl/α,β-unsaturated/α-hetero) is 1. The molecule has 4 rings (SSSR count). The summed E-state index contributed by atoms with van der Waals surface area (Å²) in [7, 11) is 1.58. The summed E-state index contributed by atoms with van der Waals surface area (Å²) in [5.41, 5.74) is 0.902. The molecule has 1 aromatic heterocycles. The van der Waals surface area contributed by atoms with Gasteiger partial charge >= 0.3 is 0 Å². The first-order chi connectivity index (χ1) is 14.5. The highest BCUT2D eigenvalue weighted by atomic mass is 19.1. The normalized spacial score (nSPS) is 15.4. The highest BCUT2D eigenvalue weighted by molar-refractivity contribution is 6.06. The van der Waals surface area contributed by atoms with E-state index in [1.54, 1.807) is 13.2 Å². The lowest BCUT2D eigenvalue weighted by Gasteiger charge is -2.24. The van der Waals surface area contributed by atoms with Crippen molar-refractivity contribution in [3.05, 3.63) is 93.2 Å². The number of hydrogen-bond donors (Lipinski definition) is 2. The topological polar surface area (TPSA) is 88.3 Å². The summed E-state index contributed by atoms with van der Waals surface area (Å²) in [6, 6.07) is 14.4. The van der Waals surface area contributed by atoms with E-state index in [2.05, 4.69) is 10.3 Å². The molecule has 0 unspecified atom stereocenters. The highest BCUT2D eigenvalue weighted by Gasteiger charge is 2.29. The fraction of sp³-hybridized carbons (Fsp3) is 0.174. The van der Waals surface area contributed by atoms with Crippen molar-refractivity contribution in [2.24, 2.45) is 0 Å². The minimum absolute atomic E-state index is 0.0366. The number of aromatic amines is 1. The second kappa shape index (κ2) is 7.94. The summed E-state index contributed by atoms with van der Waals surface area (Å²) in [5.74, 6) is -0.897. The van der Waals surface area contributed by atoms with Crippen molar-refractivity contribution in [1.29, 1.82) is 0 Å². The molecule has 0 spiro atoms. The average Bonchev–Trinajstić information content (AvgIpc) is 2.74. The number of aromatic nitrogens is 1. The first-order valence-corrected chi connectivity index (χ1v) is 9.45. The Hall–Kier alpha value is -3.74. The van der Waals surface area contributed by atoms with Crippen molar-refractivity contribution in [2.45, 2.75) is 18.8 Å². The summed E-state index contributed by atoms with van der Waals surface area (Å²) in [6.45, 7) is 0. The molecule has 1 amide bonds. The van der Waals surface area contributed by atoms with Gasteiger partial charge in [0.2, 0.25) is 0 Å². The smallest absolute Gasteiger partial charge is 0.261 e. The van der Waals surface area contributed by atoms with E-state index in [1.807, 2.05) is 24.3 Å². The van der Waals surface area contributed by atoms with Crippen molar-refractivity contribution >= 4 is 17.4 Å². The molecule has 0 bridgehead atoms. The number of nitrogens with one attached hydrogen (secondary N) is 2. The summed E-state index contributed by atoms with van der Waals surface area (Å²) in [6.07, 6.45) is 0.734. The molecule has 2 aromatic carbocycles. The second-order valence-electron chi connectivity index (χ2n) is 7.14. The Bertz CT molecular complexity index is 1180. The van der Waals surface area contributed by atoms with E-state index in [1.165, 1.54) is 24.3 Å². The predicted octanol–water partition coefficient (Wildman–Crippen LogP) is 3.69. The van der Waals surface area contributed by atoms with Crippen LogP contribution in [-0.4, -0.2) is 23.8 Å². The van der Waals surface area contributed by atoms with Gasteiger partial charge in [0.25, 0.3) is 11.5 Å². The quantitative estimate of drug-likeness (QED) is 0.692. The molecule has 7 heteroatoms. The van der Waals surface area contributed by atoms with E-state index in [0.29, 0.717) is 17.7 Å². The molecule has 0 radical (unpaired) electrons. The van der Waals surface area contributed by atoms with E-state index < -0.39 is 17.3 Å². The van der Waals surface area contributed by atoms with E-state index in [9.17, 15) is 18.8 Å². The lowest BCUT2D eigenvalue weighted by molar-refractivity contribution is 0.0963. The molecule has 0 saturated heterocycles. The second-order valence-corrected chi connectivity index (χ2v) is 7.14. The first-order valence-electron chi connectivity index (χ1n) is 9.45. The SMILES string of the molecule is COc1ccc([C@H]2CC(=O)c3cc(C(=O)Nc4ccccc4F)c(=O)[nH]c3C2)cc1. The molecular weight excluding hydrogens is 387 g/mol. The van der Waals surface area contributed by atoms with Crippen LogP contribution in [0.25, 0.3) is 0 Å². The van der Waals surface area contributed by atoms with E-state index in [0.717, 1.165) is 11.3 Å². The number of fused-ring (bicyclic) bond motifs is 1. The molecule has 1 aliphatic carbocycles. The molecule has 30 heavy (non-hydrogen) atoms. The number of ether oxygens (including phenoxy) is 1. The number of para-hydroxylation sites is 1. The number of pyridine rings is 1. The molecule has 6 nitrogen and oxygen atoms in total. The third-order valence-corrected chi connectivity index (χ3v) is 5.26. The van der Waals surface area contributed by atoms with Crippen LogP contribution in [0.5, 0.6) is 5.75 Å². The van der Waals surface area contributed by atoms with Crippen LogP contribution in [0.4, 0.5) is 10.1 Å². The maximum atomic E-state index is 13.8. The number of H-pyrrole nitrogens is 1. The van der Waals surface area contributed by atoms with E-state index >= 15 is 0 Å². The minimum atomic E-state index is -0.769. The van der Waals surface area contributed by atoms with Gasteiger partial charge in [-0.2, -0.15) is 0 Å². The van der Waals surface area contributed by atoms with Gasteiger partial charge in [-0.3, -0.25) is 14.4 Å². The van der Waals surface area contributed by atoms with Crippen LogP contribution in [0.3, 0.4) is 0 Å². The molecule has 0 saturated carbocycles. The van der Waals surface area contributed by atoms with E-state index in [-0.39, 0.29) is 29.4 Å². The summed E-state index contributed by atoms with van der Waals surface area (Å²) < 4.78 is 19.0. The van der Waals surface area contributed by atoms with Gasteiger partial charge in [0.1, 0.15) is 17.1 Å². The zero-order valence-electron chi connectivity index (χ0n) is 16.2. The van der Waals surface area contributed by atoms with Gasteiger partial charge in [-0.15, -0.1) is 0 Å². The highest BCUT2D eigenvalue weighted by Crippen LogP contribution is 2.32. The van der Waals surface area contributed by atoms with E-state index in [4.69, 9.17) is 4.74 Å². The van der Waals surface area contributed by atoms with Gasteiger partial charge in [-0.1, -0.05) is 24.3 Å². The van der Waals surface area contributed by atoms with Gasteiger partial charge in [0.15, 0.2) is 5.78 Å². The minimum Gasteiger partial charge on any atom is -0.497 e. The summed E-state index contributed by atoms with van der Waals surface area (Å²) in [4.78, 5) is 40.4. The van der Waals surface area contributed by atoms with Gasteiger partial charge < -0.3 is 15.0 Å². The zero-order chi connectivity index (χ0) is 21.3. The Morgan fingerprint density at radius 2 is 1.83 bits per heavy atom. The average molecular weight is 406 g/mol. The molecule has 1 heterocycles. The number of hydrogen-bond acceptors (Lipinski definition) is 4. The Morgan fingerprint density at radius 1 is 1.10 bits per heavy atom. The fourth-order valence-electron chi connectivity index (χ4n) is 3.66. The largest absolute Gasteiger partial charge is 0.497 e. The van der Waals surface area contributed by atoms with Gasteiger partial charge in [0, 0.05) is 17.7 Å². The van der Waals surface area contributed by atoms with Crippen LogP contribution >= 0.6 is 0 Å². The van der Waals surface area contributed by atoms with Gasteiger partial charge in [0.05, 0.1) is 12.8 Å².